The fourth-order valence-corrected chi connectivity index (χ4v) is 5.44. The van der Waals surface area contributed by atoms with Gasteiger partial charge in [-0.1, -0.05) is 60.7 Å². The molecule has 1 fully saturated rings. The fourth-order valence-electron chi connectivity index (χ4n) is 5.44. The van der Waals surface area contributed by atoms with Crippen LogP contribution in [-0.4, -0.2) is 47.0 Å². The molecule has 0 atom stereocenters. The summed E-state index contributed by atoms with van der Waals surface area (Å²) in [6, 6.07) is 26.5. The topological polar surface area (TPSA) is 63.6 Å². The van der Waals surface area contributed by atoms with E-state index in [1.165, 1.54) is 12.5 Å². The smallest absolute Gasteiger partial charge is 0.308 e. The second kappa shape index (κ2) is 13.0. The minimum Gasteiger partial charge on any atom is -0.427 e. The SMILES string of the molecule is CC(=O)Oc1ccc2c(c1)c(C(=O)NC1CCN(CCc3ccccc3)CC1)c(C)n2Cc1ccccc1.Cl. The number of rotatable bonds is 8. The lowest BCUT2D eigenvalue weighted by Crippen LogP contribution is -2.45. The molecule has 0 unspecified atom stereocenters. The standard InChI is InChI=1S/C32H35N3O3.ClH/c1-23-31(32(37)33-27-16-19-34(20-17-27)18-15-25-9-5-3-6-10-25)29-21-28(38-24(2)36)13-14-30(29)35(23)22-26-11-7-4-8-12-26;/h3-14,21,27H,15-20,22H2,1-2H3,(H,33,37);1H. The van der Waals surface area contributed by atoms with E-state index in [9.17, 15) is 9.59 Å². The van der Waals surface area contributed by atoms with Crippen molar-refractivity contribution in [1.82, 2.24) is 14.8 Å². The van der Waals surface area contributed by atoms with Gasteiger partial charge in [-0.05, 0) is 55.5 Å². The Morgan fingerprint density at radius 3 is 2.21 bits per heavy atom. The quantitative estimate of drug-likeness (QED) is 0.225. The molecule has 3 aromatic carbocycles. The molecule has 0 bridgehead atoms. The molecule has 1 aliphatic rings. The van der Waals surface area contributed by atoms with Crippen LogP contribution in [0.25, 0.3) is 10.9 Å². The molecule has 1 aromatic heterocycles. The predicted molar refractivity (Wildman–Crippen MR) is 158 cm³/mol. The summed E-state index contributed by atoms with van der Waals surface area (Å²) in [5.74, 6) is -0.000488. The third kappa shape index (κ3) is 6.88. The van der Waals surface area contributed by atoms with E-state index in [0.717, 1.165) is 61.1 Å². The van der Waals surface area contributed by atoms with E-state index < -0.39 is 0 Å². The number of ether oxygens (including phenoxy) is 1. The van der Waals surface area contributed by atoms with Gasteiger partial charge in [-0.15, -0.1) is 12.4 Å². The largest absolute Gasteiger partial charge is 0.427 e. The third-order valence-corrected chi connectivity index (χ3v) is 7.45. The zero-order valence-corrected chi connectivity index (χ0v) is 23.4. The second-order valence-corrected chi connectivity index (χ2v) is 10.1. The molecule has 6 nitrogen and oxygen atoms in total. The summed E-state index contributed by atoms with van der Waals surface area (Å²) in [5.41, 5.74) is 5.02. The van der Waals surface area contributed by atoms with Crippen LogP contribution >= 0.6 is 12.4 Å². The van der Waals surface area contributed by atoms with E-state index in [2.05, 4.69) is 57.2 Å². The monoisotopic (exact) mass is 545 g/mol. The number of hydrogen-bond donors (Lipinski definition) is 1. The molecule has 2 heterocycles. The summed E-state index contributed by atoms with van der Waals surface area (Å²) in [6.07, 6.45) is 2.91. The lowest BCUT2D eigenvalue weighted by atomic mass is 10.0. The Labute approximate surface area is 236 Å². The Kier molecular flexibility index (Phi) is 9.44. The fraction of sp³-hybridized carbons (Fsp3) is 0.312. The van der Waals surface area contributed by atoms with Crippen LogP contribution < -0.4 is 10.1 Å². The van der Waals surface area contributed by atoms with Crippen molar-refractivity contribution in [3.63, 3.8) is 0 Å². The average Bonchev–Trinajstić information content (AvgIpc) is 3.19. The van der Waals surface area contributed by atoms with Crippen LogP contribution in [0.1, 0.15) is 46.9 Å². The van der Waals surface area contributed by atoms with Gasteiger partial charge in [0, 0.05) is 55.7 Å². The lowest BCUT2D eigenvalue weighted by Gasteiger charge is -2.32. The van der Waals surface area contributed by atoms with Crippen molar-refractivity contribution < 1.29 is 14.3 Å². The van der Waals surface area contributed by atoms with Crippen LogP contribution in [0, 0.1) is 6.92 Å². The maximum absolute atomic E-state index is 13.7. The maximum Gasteiger partial charge on any atom is 0.308 e. The minimum absolute atomic E-state index is 0. The van der Waals surface area contributed by atoms with Crippen molar-refractivity contribution in [3.8, 4) is 5.75 Å². The predicted octanol–water partition coefficient (Wildman–Crippen LogP) is 5.78. The first-order valence-corrected chi connectivity index (χ1v) is 13.4. The number of nitrogens with one attached hydrogen (secondary N) is 1. The van der Waals surface area contributed by atoms with Gasteiger partial charge in [0.05, 0.1) is 5.56 Å². The van der Waals surface area contributed by atoms with Gasteiger partial charge in [-0.25, -0.2) is 0 Å². The van der Waals surface area contributed by atoms with Crippen LogP contribution in [0.3, 0.4) is 0 Å². The number of carbonyl (C=O) groups excluding carboxylic acids is 2. The Morgan fingerprint density at radius 2 is 1.56 bits per heavy atom. The van der Waals surface area contributed by atoms with Crippen molar-refractivity contribution in [3.05, 3.63) is 101 Å². The molecule has 5 rings (SSSR count). The Hall–Kier alpha value is -3.61. The van der Waals surface area contributed by atoms with Gasteiger partial charge < -0.3 is 19.5 Å². The third-order valence-electron chi connectivity index (χ3n) is 7.45. The first-order chi connectivity index (χ1) is 18.5. The number of fused-ring (bicyclic) bond motifs is 1. The summed E-state index contributed by atoms with van der Waals surface area (Å²) >= 11 is 0. The molecular weight excluding hydrogens is 510 g/mol. The summed E-state index contributed by atoms with van der Waals surface area (Å²) in [4.78, 5) is 27.8. The number of amides is 1. The van der Waals surface area contributed by atoms with Gasteiger partial charge in [0.15, 0.2) is 0 Å². The van der Waals surface area contributed by atoms with Crippen LogP contribution in [0.5, 0.6) is 5.75 Å². The number of aromatic nitrogens is 1. The molecule has 39 heavy (non-hydrogen) atoms. The highest BCUT2D eigenvalue weighted by molar-refractivity contribution is 6.09. The van der Waals surface area contributed by atoms with Crippen molar-refractivity contribution in [2.24, 2.45) is 0 Å². The first kappa shape index (κ1) is 28.4. The first-order valence-electron chi connectivity index (χ1n) is 13.4. The van der Waals surface area contributed by atoms with Gasteiger partial charge in [0.2, 0.25) is 0 Å². The van der Waals surface area contributed by atoms with Crippen molar-refractivity contribution in [2.75, 3.05) is 19.6 Å². The molecule has 0 aliphatic carbocycles. The molecular formula is C32H36ClN3O3. The summed E-state index contributed by atoms with van der Waals surface area (Å²) in [5, 5.41) is 4.11. The van der Waals surface area contributed by atoms with Crippen LogP contribution in [-0.2, 0) is 17.8 Å². The molecule has 7 heteroatoms. The van der Waals surface area contributed by atoms with Gasteiger partial charge in [0.1, 0.15) is 5.75 Å². The van der Waals surface area contributed by atoms with E-state index in [1.807, 2.05) is 37.3 Å². The highest BCUT2D eigenvalue weighted by Crippen LogP contribution is 2.31. The molecule has 0 radical (unpaired) electrons. The van der Waals surface area contributed by atoms with Gasteiger partial charge in [-0.3, -0.25) is 9.59 Å². The number of hydrogen-bond acceptors (Lipinski definition) is 4. The highest BCUT2D eigenvalue weighted by atomic mass is 35.5. The number of piperidine rings is 1. The second-order valence-electron chi connectivity index (χ2n) is 10.1. The van der Waals surface area contributed by atoms with Crippen LogP contribution in [0.2, 0.25) is 0 Å². The van der Waals surface area contributed by atoms with Crippen molar-refractivity contribution in [1.29, 1.82) is 0 Å². The molecule has 0 saturated carbocycles. The summed E-state index contributed by atoms with van der Waals surface area (Å²) < 4.78 is 7.53. The van der Waals surface area contributed by atoms with Gasteiger partial charge in [-0.2, -0.15) is 0 Å². The number of halogens is 1. The number of nitrogens with zero attached hydrogens (tertiary/aromatic N) is 2. The zero-order chi connectivity index (χ0) is 26.5. The maximum atomic E-state index is 13.7. The molecule has 1 aliphatic heterocycles. The molecule has 204 valence electrons. The molecule has 1 N–H and O–H groups in total. The Bertz CT molecular complexity index is 1410. The van der Waals surface area contributed by atoms with E-state index in [0.29, 0.717) is 17.9 Å². The van der Waals surface area contributed by atoms with E-state index >= 15 is 0 Å². The lowest BCUT2D eigenvalue weighted by molar-refractivity contribution is -0.131. The summed E-state index contributed by atoms with van der Waals surface area (Å²) in [7, 11) is 0. The van der Waals surface area contributed by atoms with Gasteiger partial charge in [0.25, 0.3) is 5.91 Å². The normalized spacial score (nSPS) is 14.1. The molecule has 1 saturated heterocycles. The Morgan fingerprint density at radius 1 is 0.923 bits per heavy atom. The number of benzene rings is 3. The highest BCUT2D eigenvalue weighted by Gasteiger charge is 2.25. The molecule has 0 spiro atoms. The zero-order valence-electron chi connectivity index (χ0n) is 22.6. The van der Waals surface area contributed by atoms with E-state index in [4.69, 9.17) is 4.74 Å². The number of esters is 1. The van der Waals surface area contributed by atoms with Crippen LogP contribution in [0.15, 0.2) is 78.9 Å². The Balaban J connectivity index is 0.00000353. The molecule has 1 amide bonds. The molecule has 4 aromatic rings. The van der Waals surface area contributed by atoms with E-state index in [1.54, 1.807) is 6.07 Å². The van der Waals surface area contributed by atoms with Crippen LogP contribution in [0.4, 0.5) is 0 Å². The van der Waals surface area contributed by atoms with E-state index in [-0.39, 0.29) is 30.3 Å². The van der Waals surface area contributed by atoms with Crippen molar-refractivity contribution >= 4 is 35.2 Å². The van der Waals surface area contributed by atoms with Crippen molar-refractivity contribution in [2.45, 2.75) is 45.7 Å². The average molecular weight is 546 g/mol. The number of carbonyl (C=O) groups is 2. The van der Waals surface area contributed by atoms with Gasteiger partial charge >= 0.3 is 5.97 Å². The number of likely N-dealkylation sites (tertiary alicyclic amines) is 1. The summed E-state index contributed by atoms with van der Waals surface area (Å²) in [6.45, 7) is 7.02. The minimum atomic E-state index is -0.380.